The molecule has 0 fully saturated rings. The van der Waals surface area contributed by atoms with Gasteiger partial charge in [0.05, 0.1) is 11.6 Å². The molecule has 0 spiro atoms. The van der Waals surface area contributed by atoms with E-state index < -0.39 is 0 Å². The first-order valence-corrected chi connectivity index (χ1v) is 5.22. The summed E-state index contributed by atoms with van der Waals surface area (Å²) in [5.74, 6) is 0. The van der Waals surface area contributed by atoms with Gasteiger partial charge in [0.2, 0.25) is 0 Å². The first-order chi connectivity index (χ1) is 5.27. The van der Waals surface area contributed by atoms with E-state index in [0.29, 0.717) is 0 Å². The molecule has 0 aliphatic carbocycles. The zero-order valence-corrected chi connectivity index (χ0v) is 9.39. The minimum absolute atomic E-state index is 0.722. The summed E-state index contributed by atoms with van der Waals surface area (Å²) in [6.07, 6.45) is 0. The lowest BCUT2D eigenvalue weighted by Crippen LogP contribution is -1.84. The number of hydrogen-bond donors (Lipinski definition) is 0. The summed E-state index contributed by atoms with van der Waals surface area (Å²) >= 11 is 5.61. The lowest BCUT2D eigenvalue weighted by atomic mass is 10.2. The molecule has 0 saturated heterocycles. The van der Waals surface area contributed by atoms with Gasteiger partial charge in [0.1, 0.15) is 0 Å². The van der Waals surface area contributed by atoms with E-state index >= 15 is 0 Å². The molecule has 0 aromatic heterocycles. The summed E-state index contributed by atoms with van der Waals surface area (Å²) < 4.78 is 1.19. The molecular weight excluding hydrogens is 317 g/mol. The second-order valence-corrected chi connectivity index (χ2v) is 3.77. The fraction of sp³-hybridized carbons (Fsp3) is 0.125. The molecule has 1 rings (SSSR count). The summed E-state index contributed by atoms with van der Waals surface area (Å²) in [5, 5.41) is 9.39. The van der Waals surface area contributed by atoms with Crippen molar-refractivity contribution in [1.82, 2.24) is 0 Å². The second kappa shape index (κ2) is 4.07. The van der Waals surface area contributed by atoms with E-state index in [-0.39, 0.29) is 0 Å². The SMILES string of the molecule is N#Cc1ccc(I)c(CBr)c1. The normalized spacial score (nSPS) is 9.18. The van der Waals surface area contributed by atoms with Crippen LogP contribution in [-0.4, -0.2) is 0 Å². The Morgan fingerprint density at radius 1 is 1.55 bits per heavy atom. The van der Waals surface area contributed by atoms with Gasteiger partial charge in [-0.1, -0.05) is 15.9 Å². The van der Waals surface area contributed by atoms with Crippen molar-refractivity contribution in [3.05, 3.63) is 32.9 Å². The van der Waals surface area contributed by atoms with Crippen LogP contribution in [0.5, 0.6) is 0 Å². The molecule has 0 saturated carbocycles. The minimum atomic E-state index is 0.722. The molecule has 1 aromatic rings. The van der Waals surface area contributed by atoms with E-state index in [1.54, 1.807) is 0 Å². The minimum Gasteiger partial charge on any atom is -0.192 e. The highest BCUT2D eigenvalue weighted by Gasteiger charge is 1.98. The van der Waals surface area contributed by atoms with Gasteiger partial charge in [-0.15, -0.1) is 0 Å². The van der Waals surface area contributed by atoms with E-state index in [1.807, 2.05) is 18.2 Å². The highest BCUT2D eigenvalue weighted by molar-refractivity contribution is 14.1. The average Bonchev–Trinajstić information content (AvgIpc) is 2.05. The topological polar surface area (TPSA) is 23.8 Å². The molecule has 1 nitrogen and oxygen atoms in total. The molecular formula is C8H5BrIN. The van der Waals surface area contributed by atoms with Crippen LogP contribution in [0, 0.1) is 14.9 Å². The van der Waals surface area contributed by atoms with Gasteiger partial charge >= 0.3 is 0 Å². The van der Waals surface area contributed by atoms with Gasteiger partial charge in [-0.2, -0.15) is 5.26 Å². The van der Waals surface area contributed by atoms with E-state index in [2.05, 4.69) is 44.6 Å². The number of alkyl halides is 1. The molecule has 3 heteroatoms. The van der Waals surface area contributed by atoms with Crippen LogP contribution < -0.4 is 0 Å². The molecule has 0 bridgehead atoms. The van der Waals surface area contributed by atoms with Crippen molar-refractivity contribution in [2.45, 2.75) is 5.33 Å². The van der Waals surface area contributed by atoms with Crippen LogP contribution in [0.4, 0.5) is 0 Å². The standard InChI is InChI=1S/C8H5BrIN/c9-4-7-3-6(5-11)1-2-8(7)10/h1-3H,4H2. The highest BCUT2D eigenvalue weighted by atomic mass is 127. The van der Waals surface area contributed by atoms with E-state index in [0.717, 1.165) is 10.9 Å². The van der Waals surface area contributed by atoms with Crippen LogP contribution in [0.25, 0.3) is 0 Å². The number of halogens is 2. The monoisotopic (exact) mass is 321 g/mol. The molecule has 1 aromatic carbocycles. The van der Waals surface area contributed by atoms with Gasteiger partial charge in [-0.25, -0.2) is 0 Å². The Bertz CT molecular complexity index is 303. The zero-order chi connectivity index (χ0) is 8.27. The Morgan fingerprint density at radius 2 is 2.27 bits per heavy atom. The van der Waals surface area contributed by atoms with Gasteiger partial charge in [0.15, 0.2) is 0 Å². The van der Waals surface area contributed by atoms with Crippen LogP contribution in [0.3, 0.4) is 0 Å². The summed E-state index contributed by atoms with van der Waals surface area (Å²) in [4.78, 5) is 0. The van der Waals surface area contributed by atoms with Crippen molar-refractivity contribution >= 4 is 38.5 Å². The summed E-state index contributed by atoms with van der Waals surface area (Å²) in [5.41, 5.74) is 1.89. The third-order valence-electron chi connectivity index (χ3n) is 1.32. The Balaban J connectivity index is 3.15. The molecule has 0 radical (unpaired) electrons. The predicted molar refractivity (Wildman–Crippen MR) is 56.5 cm³/mol. The van der Waals surface area contributed by atoms with Gasteiger partial charge in [-0.3, -0.25) is 0 Å². The lowest BCUT2D eigenvalue weighted by Gasteiger charge is -1.98. The Labute approximate surface area is 87.7 Å². The zero-order valence-electron chi connectivity index (χ0n) is 5.64. The molecule has 0 atom stereocenters. The Hall–Kier alpha value is -0.0800. The number of rotatable bonds is 1. The number of hydrogen-bond acceptors (Lipinski definition) is 1. The highest BCUT2D eigenvalue weighted by Crippen LogP contribution is 2.16. The van der Waals surface area contributed by atoms with E-state index in [9.17, 15) is 0 Å². The fourth-order valence-corrected chi connectivity index (χ4v) is 2.26. The van der Waals surface area contributed by atoms with Gasteiger partial charge in [0.25, 0.3) is 0 Å². The molecule has 0 heterocycles. The predicted octanol–water partition coefficient (Wildman–Crippen LogP) is 3.06. The van der Waals surface area contributed by atoms with Crippen molar-refractivity contribution in [3.8, 4) is 6.07 Å². The molecule has 11 heavy (non-hydrogen) atoms. The molecule has 0 amide bonds. The maximum absolute atomic E-state index is 8.58. The van der Waals surface area contributed by atoms with Gasteiger partial charge in [-0.05, 0) is 46.4 Å². The molecule has 0 unspecified atom stereocenters. The first-order valence-electron chi connectivity index (χ1n) is 3.02. The van der Waals surface area contributed by atoms with Crippen LogP contribution >= 0.6 is 38.5 Å². The third kappa shape index (κ3) is 2.17. The van der Waals surface area contributed by atoms with Crippen molar-refractivity contribution < 1.29 is 0 Å². The molecule has 0 aliphatic heterocycles. The van der Waals surface area contributed by atoms with Gasteiger partial charge in [0, 0.05) is 8.90 Å². The maximum Gasteiger partial charge on any atom is 0.0991 e. The second-order valence-electron chi connectivity index (χ2n) is 2.05. The van der Waals surface area contributed by atoms with Crippen molar-refractivity contribution in [1.29, 1.82) is 5.26 Å². The number of nitriles is 1. The van der Waals surface area contributed by atoms with E-state index in [4.69, 9.17) is 5.26 Å². The average molecular weight is 322 g/mol. The third-order valence-corrected chi connectivity index (χ3v) is 2.98. The Morgan fingerprint density at radius 3 is 2.82 bits per heavy atom. The van der Waals surface area contributed by atoms with Crippen molar-refractivity contribution in [3.63, 3.8) is 0 Å². The van der Waals surface area contributed by atoms with Crippen LogP contribution in [0.15, 0.2) is 18.2 Å². The quantitative estimate of drug-likeness (QED) is 0.576. The van der Waals surface area contributed by atoms with Gasteiger partial charge < -0.3 is 0 Å². The van der Waals surface area contributed by atoms with Crippen molar-refractivity contribution in [2.75, 3.05) is 0 Å². The summed E-state index contributed by atoms with van der Waals surface area (Å²) in [6, 6.07) is 7.79. The van der Waals surface area contributed by atoms with Crippen molar-refractivity contribution in [2.24, 2.45) is 0 Å². The summed E-state index contributed by atoms with van der Waals surface area (Å²) in [6.45, 7) is 0. The lowest BCUT2D eigenvalue weighted by molar-refractivity contribution is 1.37. The van der Waals surface area contributed by atoms with Crippen LogP contribution in [0.2, 0.25) is 0 Å². The first kappa shape index (κ1) is 9.01. The van der Waals surface area contributed by atoms with Crippen LogP contribution in [-0.2, 0) is 5.33 Å². The summed E-state index contributed by atoms with van der Waals surface area (Å²) in [7, 11) is 0. The fourth-order valence-electron chi connectivity index (χ4n) is 0.747. The maximum atomic E-state index is 8.58. The largest absolute Gasteiger partial charge is 0.192 e. The molecule has 0 aliphatic rings. The van der Waals surface area contributed by atoms with Crippen LogP contribution in [0.1, 0.15) is 11.1 Å². The van der Waals surface area contributed by atoms with E-state index in [1.165, 1.54) is 9.13 Å². The number of nitrogens with zero attached hydrogens (tertiary/aromatic N) is 1. The smallest absolute Gasteiger partial charge is 0.0991 e. The molecule has 56 valence electrons. The molecule has 0 N–H and O–H groups in total. The Kier molecular flexibility index (Phi) is 3.34. The number of benzene rings is 1.